The molecule has 1 amide bonds. The van der Waals surface area contributed by atoms with Gasteiger partial charge in [-0.2, -0.15) is 0 Å². The van der Waals surface area contributed by atoms with Gasteiger partial charge in [0, 0.05) is 0 Å². The van der Waals surface area contributed by atoms with Crippen molar-refractivity contribution in [3.05, 3.63) is 95.6 Å². The Balaban J connectivity index is 1.78. The van der Waals surface area contributed by atoms with Crippen LogP contribution in [0.4, 0.5) is 0 Å². The molecule has 4 nitrogen and oxygen atoms in total. The Hall–Kier alpha value is -3.27. The van der Waals surface area contributed by atoms with Crippen LogP contribution >= 0.6 is 0 Å². The van der Waals surface area contributed by atoms with Crippen molar-refractivity contribution in [2.75, 3.05) is 7.11 Å². The minimum Gasteiger partial charge on any atom is -0.497 e. The topological polar surface area (TPSA) is 47.6 Å². The Morgan fingerprint density at radius 2 is 1.46 bits per heavy atom. The van der Waals surface area contributed by atoms with Crippen molar-refractivity contribution in [3.8, 4) is 11.5 Å². The van der Waals surface area contributed by atoms with Gasteiger partial charge < -0.3 is 14.8 Å². The third-order valence-corrected chi connectivity index (χ3v) is 4.66. The van der Waals surface area contributed by atoms with E-state index >= 15 is 0 Å². The molecule has 0 fully saturated rings. The quantitative estimate of drug-likeness (QED) is 0.652. The first-order valence-electron chi connectivity index (χ1n) is 9.30. The number of rotatable bonds is 7. The van der Waals surface area contributed by atoms with Gasteiger partial charge in [-0.3, -0.25) is 4.79 Å². The molecule has 0 bridgehead atoms. The number of amides is 1. The molecule has 0 unspecified atom stereocenters. The van der Waals surface area contributed by atoms with E-state index in [-0.39, 0.29) is 11.9 Å². The molecule has 0 heterocycles. The lowest BCUT2D eigenvalue weighted by molar-refractivity contribution is -0.127. The summed E-state index contributed by atoms with van der Waals surface area (Å²) in [6.07, 6.45) is -0.636. The van der Waals surface area contributed by atoms with E-state index in [0.717, 1.165) is 22.4 Å². The fourth-order valence-electron chi connectivity index (χ4n) is 3.07. The molecule has 0 radical (unpaired) electrons. The van der Waals surface area contributed by atoms with Crippen LogP contribution in [-0.2, 0) is 4.79 Å². The van der Waals surface area contributed by atoms with Crippen LogP contribution in [0.25, 0.3) is 0 Å². The molecular formula is C24H25NO3. The molecule has 1 N–H and O–H groups in total. The molecule has 28 heavy (non-hydrogen) atoms. The molecule has 0 saturated carbocycles. The molecule has 0 aromatic heterocycles. The standard InChI is InChI=1S/C24H25NO3/c1-17-9-7-8-12-22(17)23(19-10-5-4-6-11-19)25-24(26)18(2)28-21-15-13-20(27-3)14-16-21/h4-16,18,23H,1-3H3,(H,25,26)/t18-,23-/m1/s1. The minimum atomic E-state index is -0.636. The van der Waals surface area contributed by atoms with E-state index in [9.17, 15) is 4.79 Å². The van der Waals surface area contributed by atoms with E-state index in [4.69, 9.17) is 9.47 Å². The van der Waals surface area contributed by atoms with Crippen LogP contribution in [0.2, 0.25) is 0 Å². The van der Waals surface area contributed by atoms with E-state index < -0.39 is 6.10 Å². The lowest BCUT2D eigenvalue weighted by atomic mass is 9.95. The number of methoxy groups -OCH3 is 1. The highest BCUT2D eigenvalue weighted by molar-refractivity contribution is 5.81. The summed E-state index contributed by atoms with van der Waals surface area (Å²) in [5.74, 6) is 1.19. The second-order valence-corrected chi connectivity index (χ2v) is 6.64. The molecule has 144 valence electrons. The van der Waals surface area contributed by atoms with Gasteiger partial charge in [0.2, 0.25) is 0 Å². The van der Waals surface area contributed by atoms with Gasteiger partial charge in [0.05, 0.1) is 13.2 Å². The summed E-state index contributed by atoms with van der Waals surface area (Å²) in [5.41, 5.74) is 3.22. The summed E-state index contributed by atoms with van der Waals surface area (Å²) in [5, 5.41) is 3.14. The fraction of sp³-hybridized carbons (Fsp3) is 0.208. The van der Waals surface area contributed by atoms with Crippen molar-refractivity contribution in [1.82, 2.24) is 5.32 Å². The largest absolute Gasteiger partial charge is 0.497 e. The summed E-state index contributed by atoms with van der Waals surface area (Å²) >= 11 is 0. The molecule has 0 saturated heterocycles. The Bertz CT molecular complexity index is 907. The van der Waals surface area contributed by atoms with E-state index in [2.05, 4.69) is 18.3 Å². The number of ether oxygens (including phenoxy) is 2. The Morgan fingerprint density at radius 3 is 2.11 bits per heavy atom. The zero-order chi connectivity index (χ0) is 19.9. The molecule has 3 rings (SSSR count). The van der Waals surface area contributed by atoms with Crippen LogP contribution in [0.3, 0.4) is 0 Å². The van der Waals surface area contributed by atoms with E-state index in [0.29, 0.717) is 5.75 Å². The first kappa shape index (κ1) is 19.5. The van der Waals surface area contributed by atoms with Crippen molar-refractivity contribution in [3.63, 3.8) is 0 Å². The average molecular weight is 375 g/mol. The van der Waals surface area contributed by atoms with Crippen molar-refractivity contribution >= 4 is 5.91 Å². The first-order valence-corrected chi connectivity index (χ1v) is 9.30. The first-order chi connectivity index (χ1) is 13.6. The number of nitrogens with one attached hydrogen (secondary N) is 1. The Kier molecular flexibility index (Phi) is 6.33. The van der Waals surface area contributed by atoms with Gasteiger partial charge in [0.15, 0.2) is 6.10 Å². The van der Waals surface area contributed by atoms with Gasteiger partial charge in [0.25, 0.3) is 5.91 Å². The van der Waals surface area contributed by atoms with E-state index in [1.807, 2.05) is 48.5 Å². The van der Waals surface area contributed by atoms with Crippen LogP contribution < -0.4 is 14.8 Å². The monoisotopic (exact) mass is 375 g/mol. The maximum Gasteiger partial charge on any atom is 0.261 e. The highest BCUT2D eigenvalue weighted by Crippen LogP contribution is 2.25. The number of aryl methyl sites for hydroxylation is 1. The predicted molar refractivity (Wildman–Crippen MR) is 111 cm³/mol. The van der Waals surface area contributed by atoms with Crippen LogP contribution in [0, 0.1) is 6.92 Å². The molecule has 0 aliphatic carbocycles. The third-order valence-electron chi connectivity index (χ3n) is 4.66. The second-order valence-electron chi connectivity index (χ2n) is 6.64. The van der Waals surface area contributed by atoms with Gasteiger partial charge in [-0.25, -0.2) is 0 Å². The second kappa shape index (κ2) is 9.09. The Morgan fingerprint density at radius 1 is 0.857 bits per heavy atom. The van der Waals surface area contributed by atoms with Crippen LogP contribution in [-0.4, -0.2) is 19.1 Å². The number of benzene rings is 3. The number of hydrogen-bond acceptors (Lipinski definition) is 3. The lowest BCUT2D eigenvalue weighted by Gasteiger charge is -2.24. The summed E-state index contributed by atoms with van der Waals surface area (Å²) < 4.78 is 11.0. The van der Waals surface area contributed by atoms with E-state index in [1.165, 1.54) is 0 Å². The van der Waals surface area contributed by atoms with Crippen LogP contribution in [0.5, 0.6) is 11.5 Å². The SMILES string of the molecule is COc1ccc(O[C@H](C)C(=O)N[C@H](c2ccccc2)c2ccccc2C)cc1. The zero-order valence-corrected chi connectivity index (χ0v) is 16.4. The van der Waals surface area contributed by atoms with Gasteiger partial charge >= 0.3 is 0 Å². The molecule has 3 aromatic carbocycles. The highest BCUT2D eigenvalue weighted by Gasteiger charge is 2.22. The van der Waals surface area contributed by atoms with Gasteiger partial charge in [-0.1, -0.05) is 54.6 Å². The maximum atomic E-state index is 12.9. The minimum absolute atomic E-state index is 0.173. The van der Waals surface area contributed by atoms with Crippen LogP contribution in [0.15, 0.2) is 78.9 Å². The maximum absolute atomic E-state index is 12.9. The molecule has 2 atom stereocenters. The third kappa shape index (κ3) is 4.71. The summed E-state index contributed by atoms with van der Waals surface area (Å²) in [7, 11) is 1.61. The summed E-state index contributed by atoms with van der Waals surface area (Å²) in [6.45, 7) is 3.80. The van der Waals surface area contributed by atoms with Crippen molar-refractivity contribution < 1.29 is 14.3 Å². The Labute approximate surface area is 166 Å². The summed E-state index contributed by atoms with van der Waals surface area (Å²) in [4.78, 5) is 12.9. The normalized spacial score (nSPS) is 12.7. The summed E-state index contributed by atoms with van der Waals surface area (Å²) in [6, 6.07) is 25.0. The van der Waals surface area contributed by atoms with Crippen molar-refractivity contribution in [2.45, 2.75) is 26.0 Å². The fourth-order valence-corrected chi connectivity index (χ4v) is 3.07. The van der Waals surface area contributed by atoms with Gasteiger partial charge in [-0.15, -0.1) is 0 Å². The van der Waals surface area contributed by atoms with Crippen molar-refractivity contribution in [1.29, 1.82) is 0 Å². The lowest BCUT2D eigenvalue weighted by Crippen LogP contribution is -2.39. The number of carbonyl (C=O) groups excluding carboxylic acids is 1. The smallest absolute Gasteiger partial charge is 0.261 e. The molecular weight excluding hydrogens is 350 g/mol. The van der Waals surface area contributed by atoms with E-state index in [1.54, 1.807) is 38.3 Å². The molecule has 3 aromatic rings. The molecule has 0 spiro atoms. The van der Waals surface area contributed by atoms with Crippen LogP contribution in [0.1, 0.15) is 29.7 Å². The number of hydrogen-bond donors (Lipinski definition) is 1. The van der Waals surface area contributed by atoms with Gasteiger partial charge in [-0.05, 0) is 54.8 Å². The highest BCUT2D eigenvalue weighted by atomic mass is 16.5. The molecule has 4 heteroatoms. The average Bonchev–Trinajstić information content (AvgIpc) is 2.73. The number of carbonyl (C=O) groups is 1. The predicted octanol–water partition coefficient (Wildman–Crippen LogP) is 4.68. The molecule has 0 aliphatic rings. The molecule has 0 aliphatic heterocycles. The van der Waals surface area contributed by atoms with Crippen molar-refractivity contribution in [2.24, 2.45) is 0 Å². The zero-order valence-electron chi connectivity index (χ0n) is 16.4. The van der Waals surface area contributed by atoms with Gasteiger partial charge in [0.1, 0.15) is 11.5 Å².